The zero-order valence-electron chi connectivity index (χ0n) is 12.2. The molecule has 2 heteroatoms. The molecule has 0 spiro atoms. The van der Waals surface area contributed by atoms with Crippen LogP contribution in [-0.2, 0) is 4.74 Å². The first kappa shape index (κ1) is 14.5. The molecular formula is C15H26O2. The first-order valence-corrected chi connectivity index (χ1v) is 6.20. The van der Waals surface area contributed by atoms with Crippen molar-refractivity contribution in [2.75, 3.05) is 7.11 Å². The van der Waals surface area contributed by atoms with Crippen molar-refractivity contribution < 1.29 is 9.84 Å². The Balaban J connectivity index is 3.28. The molecule has 1 aliphatic rings. The third-order valence-electron chi connectivity index (χ3n) is 3.43. The van der Waals surface area contributed by atoms with Gasteiger partial charge in [-0.1, -0.05) is 59.8 Å². The third-order valence-corrected chi connectivity index (χ3v) is 3.43. The van der Waals surface area contributed by atoms with Gasteiger partial charge in [0.2, 0.25) is 0 Å². The number of allylic oxidation sites excluding steroid dienone is 2. The lowest BCUT2D eigenvalue weighted by Gasteiger charge is -2.47. The second-order valence-electron chi connectivity index (χ2n) is 6.96. The summed E-state index contributed by atoms with van der Waals surface area (Å²) in [6.45, 7) is 12.7. The van der Waals surface area contributed by atoms with Gasteiger partial charge in [-0.05, 0) is 16.4 Å². The number of hydrogen-bond donors (Lipinski definition) is 1. The predicted molar refractivity (Wildman–Crippen MR) is 71.6 cm³/mol. The summed E-state index contributed by atoms with van der Waals surface area (Å²) in [5.74, 6) is -1.25. The van der Waals surface area contributed by atoms with Gasteiger partial charge in [0.25, 0.3) is 0 Å². The van der Waals surface area contributed by atoms with Gasteiger partial charge in [-0.3, -0.25) is 0 Å². The van der Waals surface area contributed by atoms with E-state index in [1.165, 1.54) is 0 Å². The van der Waals surface area contributed by atoms with Crippen LogP contribution in [0.3, 0.4) is 0 Å². The van der Waals surface area contributed by atoms with Crippen molar-refractivity contribution in [1.29, 1.82) is 0 Å². The molecule has 0 amide bonds. The molecule has 0 saturated heterocycles. The van der Waals surface area contributed by atoms with E-state index in [-0.39, 0.29) is 16.7 Å². The minimum Gasteiger partial charge on any atom is -0.362 e. The highest BCUT2D eigenvalue weighted by molar-refractivity contribution is 5.33. The molecule has 2 nitrogen and oxygen atoms in total. The summed E-state index contributed by atoms with van der Waals surface area (Å²) in [4.78, 5) is 0. The van der Waals surface area contributed by atoms with Crippen molar-refractivity contribution in [3.8, 4) is 0 Å². The molecule has 2 unspecified atom stereocenters. The average Bonchev–Trinajstić information content (AvgIpc) is 2.14. The van der Waals surface area contributed by atoms with Crippen molar-refractivity contribution in [2.24, 2.45) is 16.7 Å². The van der Waals surface area contributed by atoms with Crippen LogP contribution in [0.4, 0.5) is 0 Å². The maximum atomic E-state index is 10.9. The number of aliphatic hydroxyl groups is 1. The highest BCUT2D eigenvalue weighted by Gasteiger charge is 2.49. The summed E-state index contributed by atoms with van der Waals surface area (Å²) < 4.78 is 5.49. The Morgan fingerprint density at radius 3 is 2.06 bits per heavy atom. The summed E-state index contributed by atoms with van der Waals surface area (Å²) >= 11 is 0. The van der Waals surface area contributed by atoms with Crippen molar-refractivity contribution in [2.45, 2.75) is 47.3 Å². The van der Waals surface area contributed by atoms with Crippen LogP contribution >= 0.6 is 0 Å². The van der Waals surface area contributed by atoms with Gasteiger partial charge in [0.15, 0.2) is 5.79 Å². The molecule has 0 aromatic carbocycles. The smallest absolute Gasteiger partial charge is 0.195 e. The Bertz CT molecular complexity index is 339. The molecule has 98 valence electrons. The minimum atomic E-state index is -1.20. The Morgan fingerprint density at radius 1 is 1.18 bits per heavy atom. The van der Waals surface area contributed by atoms with E-state index >= 15 is 0 Å². The van der Waals surface area contributed by atoms with E-state index in [1.54, 1.807) is 7.11 Å². The van der Waals surface area contributed by atoms with E-state index in [1.807, 2.05) is 18.2 Å². The van der Waals surface area contributed by atoms with Gasteiger partial charge in [0.05, 0.1) is 0 Å². The SMILES string of the molecule is COC1(O)C(C(C)(C)C)=CC=CC1C(C)(C)C. The van der Waals surface area contributed by atoms with Crippen LogP contribution in [0.5, 0.6) is 0 Å². The molecule has 1 aliphatic carbocycles. The highest BCUT2D eigenvalue weighted by Crippen LogP contribution is 2.47. The number of hydrogen-bond acceptors (Lipinski definition) is 2. The van der Waals surface area contributed by atoms with Crippen LogP contribution in [0.25, 0.3) is 0 Å². The standard InChI is InChI=1S/C15H26O2/c1-13(2,3)11-9-8-10-12(14(4,5)6)15(11,16)17-7/h8-11,16H,1-7H3. The normalized spacial score (nSPS) is 30.4. The number of methoxy groups -OCH3 is 1. The molecule has 0 aromatic rings. The van der Waals surface area contributed by atoms with Gasteiger partial charge in [-0.15, -0.1) is 0 Å². The summed E-state index contributed by atoms with van der Waals surface area (Å²) in [5.41, 5.74) is 0.778. The molecule has 1 rings (SSSR count). The molecule has 0 fully saturated rings. The Kier molecular flexibility index (Phi) is 3.62. The van der Waals surface area contributed by atoms with Crippen molar-refractivity contribution in [1.82, 2.24) is 0 Å². The van der Waals surface area contributed by atoms with E-state index in [0.29, 0.717) is 0 Å². The lowest BCUT2D eigenvalue weighted by Crippen LogP contribution is -2.50. The number of rotatable bonds is 1. The lowest BCUT2D eigenvalue weighted by molar-refractivity contribution is -0.209. The van der Waals surface area contributed by atoms with Gasteiger partial charge in [-0.2, -0.15) is 0 Å². The van der Waals surface area contributed by atoms with Crippen LogP contribution in [0.15, 0.2) is 23.8 Å². The van der Waals surface area contributed by atoms with Crippen LogP contribution < -0.4 is 0 Å². The summed E-state index contributed by atoms with van der Waals surface area (Å²) in [5, 5.41) is 10.9. The molecule has 1 N–H and O–H groups in total. The Labute approximate surface area is 105 Å². The van der Waals surface area contributed by atoms with Crippen LogP contribution in [0.2, 0.25) is 0 Å². The second-order valence-corrected chi connectivity index (χ2v) is 6.96. The van der Waals surface area contributed by atoms with E-state index in [4.69, 9.17) is 4.74 Å². The van der Waals surface area contributed by atoms with E-state index in [0.717, 1.165) is 5.57 Å². The predicted octanol–water partition coefficient (Wildman–Crippen LogP) is 3.53. The molecule has 0 radical (unpaired) electrons. The fraction of sp³-hybridized carbons (Fsp3) is 0.733. The zero-order valence-corrected chi connectivity index (χ0v) is 12.2. The van der Waals surface area contributed by atoms with Crippen molar-refractivity contribution in [3.63, 3.8) is 0 Å². The first-order valence-electron chi connectivity index (χ1n) is 6.20. The summed E-state index contributed by atoms with van der Waals surface area (Å²) in [6, 6.07) is 0. The van der Waals surface area contributed by atoms with E-state index < -0.39 is 5.79 Å². The molecule has 0 aliphatic heterocycles. The highest BCUT2D eigenvalue weighted by atomic mass is 16.6. The molecule has 2 atom stereocenters. The number of ether oxygens (including phenoxy) is 1. The Morgan fingerprint density at radius 2 is 1.71 bits per heavy atom. The molecule has 0 saturated carbocycles. The van der Waals surface area contributed by atoms with Gasteiger partial charge >= 0.3 is 0 Å². The molecule has 0 heterocycles. The second kappa shape index (κ2) is 4.25. The molecule has 0 aromatic heterocycles. The monoisotopic (exact) mass is 238 g/mol. The van der Waals surface area contributed by atoms with Gasteiger partial charge in [0, 0.05) is 13.0 Å². The average molecular weight is 238 g/mol. The lowest BCUT2D eigenvalue weighted by atomic mass is 9.66. The largest absolute Gasteiger partial charge is 0.362 e. The maximum Gasteiger partial charge on any atom is 0.195 e. The van der Waals surface area contributed by atoms with Gasteiger partial charge in [0.1, 0.15) is 0 Å². The van der Waals surface area contributed by atoms with Crippen molar-refractivity contribution in [3.05, 3.63) is 23.8 Å². The fourth-order valence-electron chi connectivity index (χ4n) is 2.58. The molecular weight excluding hydrogens is 212 g/mol. The third kappa shape index (κ3) is 2.63. The summed E-state index contributed by atoms with van der Waals surface area (Å²) in [6.07, 6.45) is 6.05. The van der Waals surface area contributed by atoms with E-state index in [9.17, 15) is 5.11 Å². The van der Waals surface area contributed by atoms with Crippen LogP contribution in [-0.4, -0.2) is 18.0 Å². The molecule has 17 heavy (non-hydrogen) atoms. The summed E-state index contributed by atoms with van der Waals surface area (Å²) in [7, 11) is 1.58. The van der Waals surface area contributed by atoms with E-state index in [2.05, 4.69) is 41.5 Å². The van der Waals surface area contributed by atoms with Crippen LogP contribution in [0, 0.1) is 16.7 Å². The minimum absolute atomic E-state index is 0.0424. The van der Waals surface area contributed by atoms with Crippen molar-refractivity contribution >= 4 is 0 Å². The first-order chi connectivity index (χ1) is 7.53. The topological polar surface area (TPSA) is 29.5 Å². The quantitative estimate of drug-likeness (QED) is 0.708. The molecule has 0 bridgehead atoms. The van der Waals surface area contributed by atoms with Gasteiger partial charge in [-0.25, -0.2) is 0 Å². The Hall–Kier alpha value is -0.600. The van der Waals surface area contributed by atoms with Gasteiger partial charge < -0.3 is 9.84 Å². The maximum absolute atomic E-state index is 10.9. The van der Waals surface area contributed by atoms with Crippen LogP contribution in [0.1, 0.15) is 41.5 Å². The zero-order chi connectivity index (χ0) is 13.5. The fourth-order valence-corrected chi connectivity index (χ4v) is 2.58.